The minimum absolute atomic E-state index is 0.1000. The van der Waals surface area contributed by atoms with Crippen molar-refractivity contribution in [1.82, 2.24) is 4.72 Å². The molecule has 1 saturated heterocycles. The highest BCUT2D eigenvalue weighted by atomic mass is 79.9. The van der Waals surface area contributed by atoms with E-state index >= 15 is 0 Å². The van der Waals surface area contributed by atoms with Crippen LogP contribution in [-0.2, 0) is 21.3 Å². The lowest BCUT2D eigenvalue weighted by atomic mass is 9.94. The Morgan fingerprint density at radius 1 is 1.55 bits per heavy atom. The van der Waals surface area contributed by atoms with Gasteiger partial charge in [-0.15, -0.1) is 11.3 Å². The normalized spacial score (nSPS) is 19.1. The second-order valence-corrected chi connectivity index (χ2v) is 9.05. The molecule has 2 heterocycles. The van der Waals surface area contributed by atoms with Crippen LogP contribution < -0.4 is 10.5 Å². The van der Waals surface area contributed by atoms with Crippen molar-refractivity contribution in [2.75, 3.05) is 13.2 Å². The number of sulfonamides is 1. The topological polar surface area (TPSA) is 81.4 Å². The van der Waals surface area contributed by atoms with E-state index in [1.54, 1.807) is 6.07 Å². The van der Waals surface area contributed by atoms with Crippen molar-refractivity contribution in [1.29, 1.82) is 0 Å². The number of ether oxygens (including phenoxy) is 1. The first-order valence-electron chi connectivity index (χ1n) is 6.52. The van der Waals surface area contributed by atoms with Crippen LogP contribution in [0.2, 0.25) is 0 Å². The molecule has 5 nitrogen and oxygen atoms in total. The van der Waals surface area contributed by atoms with Gasteiger partial charge in [-0.05, 0) is 47.7 Å². The van der Waals surface area contributed by atoms with Gasteiger partial charge in [0.25, 0.3) is 0 Å². The van der Waals surface area contributed by atoms with E-state index in [-0.39, 0.29) is 10.9 Å². The van der Waals surface area contributed by atoms with E-state index in [1.807, 2.05) is 6.92 Å². The van der Waals surface area contributed by atoms with Crippen molar-refractivity contribution in [3.05, 3.63) is 14.7 Å². The molecule has 114 valence electrons. The average molecular weight is 383 g/mol. The van der Waals surface area contributed by atoms with Crippen molar-refractivity contribution in [3.8, 4) is 0 Å². The highest BCUT2D eigenvalue weighted by Crippen LogP contribution is 2.32. The van der Waals surface area contributed by atoms with E-state index < -0.39 is 10.0 Å². The third kappa shape index (κ3) is 3.80. The maximum atomic E-state index is 12.4. The molecule has 0 amide bonds. The molecule has 1 aliphatic heterocycles. The van der Waals surface area contributed by atoms with Crippen molar-refractivity contribution < 1.29 is 13.2 Å². The molecule has 3 N–H and O–H groups in total. The quantitative estimate of drug-likeness (QED) is 0.816. The Morgan fingerprint density at radius 3 is 2.75 bits per heavy atom. The van der Waals surface area contributed by atoms with Crippen molar-refractivity contribution in [2.24, 2.45) is 11.7 Å². The van der Waals surface area contributed by atoms with Crippen LogP contribution in [0.4, 0.5) is 0 Å². The molecule has 0 aromatic carbocycles. The summed E-state index contributed by atoms with van der Waals surface area (Å²) in [6.45, 7) is 3.67. The molecule has 0 spiro atoms. The summed E-state index contributed by atoms with van der Waals surface area (Å²) < 4.78 is 33.5. The van der Waals surface area contributed by atoms with Gasteiger partial charge in [-0.1, -0.05) is 0 Å². The molecule has 0 radical (unpaired) electrons. The summed E-state index contributed by atoms with van der Waals surface area (Å²) in [6, 6.07) is 1.53. The first kappa shape index (κ1) is 16.4. The van der Waals surface area contributed by atoms with Crippen LogP contribution in [0.5, 0.6) is 0 Å². The fourth-order valence-corrected chi connectivity index (χ4v) is 6.18. The van der Waals surface area contributed by atoms with Crippen LogP contribution in [0.1, 0.15) is 24.6 Å². The van der Waals surface area contributed by atoms with Gasteiger partial charge in [0.15, 0.2) is 0 Å². The van der Waals surface area contributed by atoms with Crippen LogP contribution >= 0.6 is 27.3 Å². The van der Waals surface area contributed by atoms with Crippen LogP contribution in [0.15, 0.2) is 14.7 Å². The zero-order chi connectivity index (χ0) is 14.8. The van der Waals surface area contributed by atoms with Gasteiger partial charge in [-0.25, -0.2) is 13.1 Å². The largest absolute Gasteiger partial charge is 0.381 e. The van der Waals surface area contributed by atoms with Gasteiger partial charge >= 0.3 is 0 Å². The number of halogens is 1. The summed E-state index contributed by atoms with van der Waals surface area (Å²) in [6.07, 6.45) is 1.78. The molecule has 1 unspecified atom stereocenters. The molecular weight excluding hydrogens is 364 g/mol. The summed E-state index contributed by atoms with van der Waals surface area (Å²) in [4.78, 5) is 1.12. The molecule has 0 bridgehead atoms. The summed E-state index contributed by atoms with van der Waals surface area (Å²) in [5, 5.41) is 0. The standard InChI is InChI=1S/C12H19BrN2O3S2/c1-8(9-2-4-18-5-3-9)15-20(16,17)11-6-10(7-14)19-12(11)13/h6,8-9,15H,2-5,7,14H2,1H3. The van der Waals surface area contributed by atoms with E-state index in [0.717, 1.165) is 17.7 Å². The highest BCUT2D eigenvalue weighted by molar-refractivity contribution is 9.11. The molecule has 1 fully saturated rings. The zero-order valence-electron chi connectivity index (χ0n) is 11.3. The molecule has 0 saturated carbocycles. The Morgan fingerprint density at radius 2 is 2.20 bits per heavy atom. The molecule has 0 aliphatic carbocycles. The van der Waals surface area contributed by atoms with Crippen molar-refractivity contribution in [2.45, 2.75) is 37.2 Å². The Kier molecular flexibility index (Phi) is 5.61. The van der Waals surface area contributed by atoms with Crippen LogP contribution in [-0.4, -0.2) is 27.7 Å². The van der Waals surface area contributed by atoms with Gasteiger partial charge in [0.05, 0.1) is 3.79 Å². The lowest BCUT2D eigenvalue weighted by Crippen LogP contribution is -2.40. The first-order chi connectivity index (χ1) is 9.44. The third-order valence-corrected chi connectivity index (χ3v) is 7.34. The van der Waals surface area contributed by atoms with Crippen molar-refractivity contribution >= 4 is 37.3 Å². The predicted octanol–water partition coefficient (Wildman–Crippen LogP) is 2.06. The van der Waals surface area contributed by atoms with Crippen LogP contribution in [0.3, 0.4) is 0 Å². The van der Waals surface area contributed by atoms with E-state index in [9.17, 15) is 8.42 Å². The number of hydrogen-bond acceptors (Lipinski definition) is 5. The molecular formula is C12H19BrN2O3S2. The van der Waals surface area contributed by atoms with E-state index in [0.29, 0.717) is 29.5 Å². The Bertz CT molecular complexity index is 553. The number of nitrogens with one attached hydrogen (secondary N) is 1. The summed E-state index contributed by atoms with van der Waals surface area (Å²) in [5.41, 5.74) is 5.55. The summed E-state index contributed by atoms with van der Waals surface area (Å²) in [7, 11) is -3.51. The molecule has 2 rings (SSSR count). The summed E-state index contributed by atoms with van der Waals surface area (Å²) in [5.74, 6) is 0.324. The van der Waals surface area contributed by atoms with Gasteiger partial charge in [0, 0.05) is 30.7 Å². The number of thiophene rings is 1. The molecule has 8 heteroatoms. The molecule has 1 atom stereocenters. The minimum atomic E-state index is -3.51. The van der Waals surface area contributed by atoms with Crippen LogP contribution in [0, 0.1) is 5.92 Å². The van der Waals surface area contributed by atoms with E-state index in [2.05, 4.69) is 20.7 Å². The lowest BCUT2D eigenvalue weighted by molar-refractivity contribution is 0.0585. The molecule has 1 aromatic heterocycles. The molecule has 1 aromatic rings. The maximum absolute atomic E-state index is 12.4. The highest BCUT2D eigenvalue weighted by Gasteiger charge is 2.27. The van der Waals surface area contributed by atoms with E-state index in [1.165, 1.54) is 11.3 Å². The predicted molar refractivity (Wildman–Crippen MR) is 83.2 cm³/mol. The Labute approximate surface area is 132 Å². The molecule has 20 heavy (non-hydrogen) atoms. The fraction of sp³-hybridized carbons (Fsp3) is 0.667. The average Bonchev–Trinajstić information content (AvgIpc) is 2.81. The fourth-order valence-electron chi connectivity index (χ4n) is 2.30. The Balaban J connectivity index is 2.11. The van der Waals surface area contributed by atoms with Crippen molar-refractivity contribution in [3.63, 3.8) is 0 Å². The third-order valence-electron chi connectivity index (χ3n) is 3.51. The Hall–Kier alpha value is 0.01000. The first-order valence-corrected chi connectivity index (χ1v) is 9.61. The van der Waals surface area contributed by atoms with E-state index in [4.69, 9.17) is 10.5 Å². The monoisotopic (exact) mass is 382 g/mol. The smallest absolute Gasteiger partial charge is 0.242 e. The second kappa shape index (κ2) is 6.85. The lowest BCUT2D eigenvalue weighted by Gasteiger charge is -2.28. The van der Waals surface area contributed by atoms with Gasteiger partial charge in [-0.2, -0.15) is 0 Å². The minimum Gasteiger partial charge on any atom is -0.381 e. The zero-order valence-corrected chi connectivity index (χ0v) is 14.5. The number of hydrogen-bond donors (Lipinski definition) is 2. The summed E-state index contributed by atoms with van der Waals surface area (Å²) >= 11 is 4.66. The van der Waals surface area contributed by atoms with Gasteiger partial charge in [0.2, 0.25) is 10.0 Å². The number of nitrogens with two attached hydrogens (primary N) is 1. The maximum Gasteiger partial charge on any atom is 0.242 e. The number of rotatable bonds is 5. The van der Waals surface area contributed by atoms with Crippen LogP contribution in [0.25, 0.3) is 0 Å². The van der Waals surface area contributed by atoms with Gasteiger partial charge in [0.1, 0.15) is 4.90 Å². The molecule has 1 aliphatic rings. The van der Waals surface area contributed by atoms with Gasteiger partial charge < -0.3 is 10.5 Å². The van der Waals surface area contributed by atoms with Gasteiger partial charge in [-0.3, -0.25) is 0 Å². The SMILES string of the molecule is CC(NS(=O)(=O)c1cc(CN)sc1Br)C1CCOCC1. The second-order valence-electron chi connectivity index (χ2n) is 4.91.